The SMILES string of the molecule is CC(=O)NC(CS(=O)CCC(=O)NC(C)C)C(=O)O. The van der Waals surface area contributed by atoms with E-state index < -0.39 is 28.7 Å². The van der Waals surface area contributed by atoms with Crippen molar-refractivity contribution in [2.45, 2.75) is 39.3 Å². The van der Waals surface area contributed by atoms with Crippen LogP contribution >= 0.6 is 0 Å². The lowest BCUT2D eigenvalue weighted by molar-refractivity contribution is -0.140. The van der Waals surface area contributed by atoms with Gasteiger partial charge in [0, 0.05) is 35.9 Å². The number of hydrogen-bond donors (Lipinski definition) is 3. The minimum Gasteiger partial charge on any atom is -0.480 e. The third-order valence-electron chi connectivity index (χ3n) is 2.03. The topological polar surface area (TPSA) is 113 Å². The number of carbonyl (C=O) groups excluding carboxylic acids is 2. The normalized spacial score (nSPS) is 13.7. The molecule has 7 nitrogen and oxygen atoms in total. The Morgan fingerprint density at radius 2 is 1.79 bits per heavy atom. The summed E-state index contributed by atoms with van der Waals surface area (Å²) in [6, 6.07) is -1.18. The minimum absolute atomic E-state index is 0.00656. The maximum atomic E-state index is 11.6. The molecule has 0 radical (unpaired) electrons. The second-order valence-corrected chi connectivity index (χ2v) is 6.00. The highest BCUT2D eigenvalue weighted by molar-refractivity contribution is 7.85. The average Bonchev–Trinajstić information content (AvgIpc) is 2.23. The van der Waals surface area contributed by atoms with Gasteiger partial charge in [0.15, 0.2) is 0 Å². The van der Waals surface area contributed by atoms with Gasteiger partial charge in [0.2, 0.25) is 11.8 Å². The molecule has 2 amide bonds. The second-order valence-electron chi connectivity index (χ2n) is 4.37. The van der Waals surface area contributed by atoms with Crippen LogP contribution in [-0.2, 0) is 25.2 Å². The molecule has 0 rings (SSSR count). The molecule has 0 heterocycles. The van der Waals surface area contributed by atoms with Crippen molar-refractivity contribution in [3.05, 3.63) is 0 Å². The fraction of sp³-hybridized carbons (Fsp3) is 0.727. The number of rotatable bonds is 8. The molecule has 0 aliphatic heterocycles. The van der Waals surface area contributed by atoms with E-state index in [1.165, 1.54) is 6.92 Å². The van der Waals surface area contributed by atoms with Gasteiger partial charge in [0.05, 0.1) is 5.75 Å². The van der Waals surface area contributed by atoms with Crippen molar-refractivity contribution in [1.29, 1.82) is 0 Å². The van der Waals surface area contributed by atoms with Crippen LogP contribution in [0.25, 0.3) is 0 Å². The van der Waals surface area contributed by atoms with E-state index >= 15 is 0 Å². The molecule has 2 unspecified atom stereocenters. The quantitative estimate of drug-likeness (QED) is 0.544. The van der Waals surface area contributed by atoms with Crippen molar-refractivity contribution < 1.29 is 23.7 Å². The summed E-state index contributed by atoms with van der Waals surface area (Å²) >= 11 is 0. The number of carboxylic acid groups (broad SMARTS) is 1. The lowest BCUT2D eigenvalue weighted by atomic mass is 10.3. The Balaban J connectivity index is 4.17. The van der Waals surface area contributed by atoms with E-state index in [0.717, 1.165) is 0 Å². The smallest absolute Gasteiger partial charge is 0.327 e. The molecular formula is C11H20N2O5S. The van der Waals surface area contributed by atoms with E-state index in [1.807, 2.05) is 13.8 Å². The highest BCUT2D eigenvalue weighted by Gasteiger charge is 2.21. The Morgan fingerprint density at radius 3 is 2.21 bits per heavy atom. The first kappa shape index (κ1) is 17.6. The Labute approximate surface area is 114 Å². The van der Waals surface area contributed by atoms with Crippen LogP contribution in [0.4, 0.5) is 0 Å². The van der Waals surface area contributed by atoms with Crippen LogP contribution in [0.1, 0.15) is 27.2 Å². The molecule has 0 aliphatic rings. The number of carboxylic acids is 1. The molecular weight excluding hydrogens is 272 g/mol. The van der Waals surface area contributed by atoms with Crippen molar-refractivity contribution in [2.24, 2.45) is 0 Å². The summed E-state index contributed by atoms with van der Waals surface area (Å²) in [5.41, 5.74) is 0. The first-order chi connectivity index (χ1) is 8.72. The van der Waals surface area contributed by atoms with E-state index in [0.29, 0.717) is 0 Å². The Hall–Kier alpha value is -1.44. The minimum atomic E-state index is -1.48. The van der Waals surface area contributed by atoms with Crippen LogP contribution in [0.3, 0.4) is 0 Å². The van der Waals surface area contributed by atoms with Crippen LogP contribution in [0.5, 0.6) is 0 Å². The molecule has 0 fully saturated rings. The van der Waals surface area contributed by atoms with Gasteiger partial charge in [0.1, 0.15) is 6.04 Å². The van der Waals surface area contributed by atoms with Crippen molar-refractivity contribution in [2.75, 3.05) is 11.5 Å². The molecule has 19 heavy (non-hydrogen) atoms. The van der Waals surface area contributed by atoms with Crippen molar-refractivity contribution in [1.82, 2.24) is 10.6 Å². The van der Waals surface area contributed by atoms with Crippen LogP contribution < -0.4 is 10.6 Å². The van der Waals surface area contributed by atoms with E-state index in [2.05, 4.69) is 10.6 Å². The second kappa shape index (κ2) is 8.63. The maximum absolute atomic E-state index is 11.6. The van der Waals surface area contributed by atoms with Crippen molar-refractivity contribution in [3.63, 3.8) is 0 Å². The summed E-state index contributed by atoms with van der Waals surface area (Å²) in [6.45, 7) is 4.81. The van der Waals surface area contributed by atoms with Gasteiger partial charge in [-0.05, 0) is 13.8 Å². The zero-order valence-corrected chi connectivity index (χ0v) is 12.1. The average molecular weight is 292 g/mol. The largest absolute Gasteiger partial charge is 0.480 e. The van der Waals surface area contributed by atoms with Crippen molar-refractivity contribution in [3.8, 4) is 0 Å². The number of carbonyl (C=O) groups is 3. The highest BCUT2D eigenvalue weighted by Crippen LogP contribution is 1.95. The third kappa shape index (κ3) is 9.18. The first-order valence-electron chi connectivity index (χ1n) is 5.86. The highest BCUT2D eigenvalue weighted by atomic mass is 32.2. The van der Waals surface area contributed by atoms with E-state index in [4.69, 9.17) is 5.11 Å². The zero-order valence-electron chi connectivity index (χ0n) is 11.3. The molecule has 110 valence electrons. The molecule has 0 saturated carbocycles. The van der Waals surface area contributed by atoms with Crippen LogP contribution in [0.2, 0.25) is 0 Å². The number of nitrogens with one attached hydrogen (secondary N) is 2. The van der Waals surface area contributed by atoms with E-state index in [-0.39, 0.29) is 29.9 Å². The lowest BCUT2D eigenvalue weighted by Gasteiger charge is -2.13. The van der Waals surface area contributed by atoms with Crippen LogP contribution in [-0.4, -0.2) is 50.7 Å². The predicted octanol–water partition coefficient (Wildman–Crippen LogP) is -0.761. The molecule has 0 bridgehead atoms. The molecule has 0 aromatic carbocycles. The van der Waals surface area contributed by atoms with Gasteiger partial charge < -0.3 is 15.7 Å². The van der Waals surface area contributed by atoms with Crippen LogP contribution in [0, 0.1) is 0 Å². The lowest BCUT2D eigenvalue weighted by Crippen LogP contribution is -2.43. The number of hydrogen-bond acceptors (Lipinski definition) is 4. The maximum Gasteiger partial charge on any atom is 0.327 e. The van der Waals surface area contributed by atoms with Crippen molar-refractivity contribution >= 4 is 28.6 Å². The van der Waals surface area contributed by atoms with Gasteiger partial charge in [-0.15, -0.1) is 0 Å². The van der Waals surface area contributed by atoms with Gasteiger partial charge in [-0.2, -0.15) is 0 Å². The Kier molecular flexibility index (Phi) is 7.97. The van der Waals surface area contributed by atoms with E-state index in [9.17, 15) is 18.6 Å². The third-order valence-corrected chi connectivity index (χ3v) is 3.40. The fourth-order valence-corrected chi connectivity index (χ4v) is 2.47. The summed E-state index contributed by atoms with van der Waals surface area (Å²) in [5.74, 6) is -2.10. The van der Waals surface area contributed by atoms with Gasteiger partial charge in [-0.1, -0.05) is 0 Å². The first-order valence-corrected chi connectivity index (χ1v) is 7.35. The molecule has 0 saturated heterocycles. The van der Waals surface area contributed by atoms with E-state index in [1.54, 1.807) is 0 Å². The monoisotopic (exact) mass is 292 g/mol. The molecule has 0 aromatic rings. The Morgan fingerprint density at radius 1 is 1.21 bits per heavy atom. The summed E-state index contributed by atoms with van der Waals surface area (Å²) in [4.78, 5) is 32.9. The number of aliphatic carboxylic acids is 1. The van der Waals surface area contributed by atoms with Gasteiger partial charge in [0.25, 0.3) is 0 Å². The fourth-order valence-electron chi connectivity index (χ4n) is 1.29. The molecule has 0 spiro atoms. The molecule has 8 heteroatoms. The number of amides is 2. The van der Waals surface area contributed by atoms with Gasteiger partial charge >= 0.3 is 5.97 Å². The summed E-state index contributed by atoms with van der Waals surface area (Å²) < 4.78 is 11.6. The molecule has 0 aromatic heterocycles. The molecule has 2 atom stereocenters. The summed E-state index contributed by atoms with van der Waals surface area (Å²) in [5, 5.41) is 13.7. The molecule has 3 N–H and O–H groups in total. The predicted molar refractivity (Wildman–Crippen MR) is 71.0 cm³/mol. The standard InChI is InChI=1S/C11H20N2O5S/c1-7(2)12-10(15)4-5-19(18)6-9(11(16)17)13-8(3)14/h7,9H,4-6H2,1-3H3,(H,12,15)(H,13,14)(H,16,17). The van der Waals surface area contributed by atoms with Gasteiger partial charge in [-0.25, -0.2) is 4.79 Å². The molecule has 0 aliphatic carbocycles. The zero-order chi connectivity index (χ0) is 15.0. The summed E-state index contributed by atoms with van der Waals surface area (Å²) in [7, 11) is -1.48. The van der Waals surface area contributed by atoms with Gasteiger partial charge in [-0.3, -0.25) is 13.8 Å². The Bertz CT molecular complexity index is 370. The van der Waals surface area contributed by atoms with Crippen LogP contribution in [0.15, 0.2) is 0 Å². The summed E-state index contributed by atoms with van der Waals surface area (Å²) in [6.07, 6.45) is 0.0667.